The summed E-state index contributed by atoms with van der Waals surface area (Å²) >= 11 is 0. The highest BCUT2D eigenvalue weighted by Gasteiger charge is 2.28. The highest BCUT2D eigenvalue weighted by molar-refractivity contribution is 5.89. The van der Waals surface area contributed by atoms with Gasteiger partial charge in [-0.25, -0.2) is 14.4 Å². The molecule has 3 aromatic rings. The zero-order chi connectivity index (χ0) is 34.0. The van der Waals surface area contributed by atoms with Crippen LogP contribution in [0.1, 0.15) is 56.5 Å². The molecule has 0 radical (unpaired) electrons. The van der Waals surface area contributed by atoms with E-state index in [9.17, 15) is 29.4 Å². The Labute approximate surface area is 266 Å². The van der Waals surface area contributed by atoms with Gasteiger partial charge in [-0.05, 0) is 80.8 Å². The number of phenols is 1. The quantitative estimate of drug-likeness (QED) is 0.169. The molecule has 3 atom stereocenters. The first-order chi connectivity index (χ1) is 21.7. The number of aromatic hydroxyl groups is 1. The highest BCUT2D eigenvalue weighted by Crippen LogP contribution is 2.34. The Bertz CT molecular complexity index is 1520. The van der Waals surface area contributed by atoms with E-state index in [4.69, 9.17) is 24.7 Å². The third-order valence-corrected chi connectivity index (χ3v) is 6.46. The third-order valence-electron chi connectivity index (χ3n) is 6.46. The molecule has 13 nitrogen and oxygen atoms in total. The third kappa shape index (κ3) is 10.1. The summed E-state index contributed by atoms with van der Waals surface area (Å²) < 4.78 is 21.2. The summed E-state index contributed by atoms with van der Waals surface area (Å²) in [4.78, 5) is 49.6. The fraction of sp³-hybridized carbons (Fsp3) is 0.333. The van der Waals surface area contributed by atoms with Crippen molar-refractivity contribution in [2.45, 2.75) is 57.8 Å². The van der Waals surface area contributed by atoms with Gasteiger partial charge < -0.3 is 45.5 Å². The van der Waals surface area contributed by atoms with Crippen molar-refractivity contribution in [3.63, 3.8) is 0 Å². The molecule has 46 heavy (non-hydrogen) atoms. The number of nitrogens with one attached hydrogen (secondary N) is 2. The maximum absolute atomic E-state index is 13.0. The number of aliphatic carboxylic acids is 1. The van der Waals surface area contributed by atoms with Crippen molar-refractivity contribution in [1.29, 1.82) is 0 Å². The predicted molar refractivity (Wildman–Crippen MR) is 167 cm³/mol. The van der Waals surface area contributed by atoms with Gasteiger partial charge in [-0.2, -0.15) is 0 Å². The minimum absolute atomic E-state index is 0.0160. The molecule has 3 aromatic carbocycles. The largest absolute Gasteiger partial charge is 0.504 e. The summed E-state index contributed by atoms with van der Waals surface area (Å²) in [5.41, 5.74) is 6.67. The van der Waals surface area contributed by atoms with Crippen LogP contribution >= 0.6 is 0 Å². The van der Waals surface area contributed by atoms with Crippen LogP contribution in [0, 0.1) is 0 Å². The first-order valence-electron chi connectivity index (χ1n) is 14.4. The maximum atomic E-state index is 13.0. The Morgan fingerprint density at radius 2 is 1.50 bits per heavy atom. The zero-order valence-corrected chi connectivity index (χ0v) is 26.2. The van der Waals surface area contributed by atoms with Gasteiger partial charge in [-0.15, -0.1) is 0 Å². The number of carboxylic acid groups (broad SMARTS) is 1. The number of hydrogen-bond donors (Lipinski definition) is 5. The van der Waals surface area contributed by atoms with E-state index >= 15 is 0 Å². The number of nitrogens with two attached hydrogens (primary N) is 1. The predicted octanol–water partition coefficient (Wildman–Crippen LogP) is 4.13. The van der Waals surface area contributed by atoms with Gasteiger partial charge in [0.15, 0.2) is 17.5 Å². The molecule has 0 bridgehead atoms. The monoisotopic (exact) mass is 637 g/mol. The number of rotatable bonds is 13. The summed E-state index contributed by atoms with van der Waals surface area (Å²) in [5, 5.41) is 25.2. The zero-order valence-electron chi connectivity index (χ0n) is 26.2. The van der Waals surface area contributed by atoms with Crippen molar-refractivity contribution in [2.75, 3.05) is 13.7 Å². The number of alkyl carbamates (subject to hydrolysis) is 1. The molecule has 13 heteroatoms. The van der Waals surface area contributed by atoms with Crippen molar-refractivity contribution in [2.24, 2.45) is 5.73 Å². The van der Waals surface area contributed by atoms with E-state index in [0.717, 1.165) is 0 Å². The van der Waals surface area contributed by atoms with Gasteiger partial charge in [0.25, 0.3) is 0 Å². The smallest absolute Gasteiger partial charge is 0.408 e. The standard InChI is InChI=1S/C33H39N3O10/c1-6-44-31(41)28(36-29(38)27(34)20-9-14-22(43-5)15-10-20)21-11-16-26(25(37)18-21)45-23-12-7-19(8-13-23)17-24(30(39)40)35-32(42)46-33(2,3)4/h7-16,18,24,27-28,37H,6,17,34H2,1-5H3,(H,35,42)(H,36,38)(H,39,40)/t24-,27+,28-/m1/s1. The lowest BCUT2D eigenvalue weighted by atomic mass is 10.0. The van der Waals surface area contributed by atoms with Crippen LogP contribution in [0.5, 0.6) is 23.0 Å². The number of carbonyl (C=O) groups is 4. The normalized spacial score (nSPS) is 13.0. The second-order valence-corrected chi connectivity index (χ2v) is 11.2. The average molecular weight is 638 g/mol. The summed E-state index contributed by atoms with van der Waals surface area (Å²) in [6.07, 6.45) is -0.860. The molecule has 0 aliphatic rings. The fourth-order valence-electron chi connectivity index (χ4n) is 4.21. The second kappa shape index (κ2) is 15.6. The number of esters is 1. The Kier molecular flexibility index (Phi) is 11.9. The van der Waals surface area contributed by atoms with E-state index in [1.807, 2.05) is 0 Å². The van der Waals surface area contributed by atoms with Gasteiger partial charge in [0.05, 0.1) is 13.7 Å². The minimum atomic E-state index is -1.27. The van der Waals surface area contributed by atoms with Crippen LogP contribution in [-0.2, 0) is 30.3 Å². The highest BCUT2D eigenvalue weighted by atomic mass is 16.6. The molecule has 0 saturated carbocycles. The summed E-state index contributed by atoms with van der Waals surface area (Å²) in [7, 11) is 1.52. The fourth-order valence-corrected chi connectivity index (χ4v) is 4.21. The lowest BCUT2D eigenvalue weighted by molar-refractivity contribution is -0.147. The molecule has 0 spiro atoms. The number of hydrogen-bond acceptors (Lipinski definition) is 10. The molecule has 0 aliphatic heterocycles. The Morgan fingerprint density at radius 3 is 2.04 bits per heavy atom. The van der Waals surface area contributed by atoms with Crippen molar-refractivity contribution in [3.05, 3.63) is 83.4 Å². The number of phenolic OH excluding ortho intramolecular Hbond substituents is 1. The van der Waals surface area contributed by atoms with Gasteiger partial charge >= 0.3 is 18.0 Å². The summed E-state index contributed by atoms with van der Waals surface area (Å²) in [6, 6.07) is 13.5. The van der Waals surface area contributed by atoms with Gasteiger partial charge in [-0.3, -0.25) is 4.79 Å². The van der Waals surface area contributed by atoms with Gasteiger partial charge in [0.1, 0.15) is 29.2 Å². The van der Waals surface area contributed by atoms with Crippen LogP contribution in [0.3, 0.4) is 0 Å². The van der Waals surface area contributed by atoms with Crippen LogP contribution in [0.25, 0.3) is 0 Å². The van der Waals surface area contributed by atoms with Gasteiger partial charge in [-0.1, -0.05) is 30.3 Å². The Balaban J connectivity index is 1.71. The number of benzene rings is 3. The molecular weight excluding hydrogens is 598 g/mol. The number of carbonyl (C=O) groups excluding carboxylic acids is 3. The van der Waals surface area contributed by atoms with Crippen molar-refractivity contribution < 1.29 is 48.3 Å². The molecule has 0 aliphatic carbocycles. The molecule has 0 fully saturated rings. The second-order valence-electron chi connectivity index (χ2n) is 11.2. The number of methoxy groups -OCH3 is 1. The van der Waals surface area contributed by atoms with E-state index < -0.39 is 47.7 Å². The minimum Gasteiger partial charge on any atom is -0.504 e. The summed E-state index contributed by atoms with van der Waals surface area (Å²) in [5.74, 6) is -1.98. The summed E-state index contributed by atoms with van der Waals surface area (Å²) in [6.45, 7) is 6.70. The SMILES string of the molecule is CCOC(=O)[C@H](NC(=O)[C@@H](N)c1ccc(OC)cc1)c1ccc(Oc2ccc(C[C@@H](NC(=O)OC(C)(C)C)C(=O)O)cc2)c(O)c1. The molecule has 6 N–H and O–H groups in total. The van der Waals surface area contributed by atoms with E-state index in [2.05, 4.69) is 10.6 Å². The van der Waals surface area contributed by atoms with Gasteiger partial charge in [0.2, 0.25) is 5.91 Å². The van der Waals surface area contributed by atoms with Crippen molar-refractivity contribution in [1.82, 2.24) is 10.6 Å². The van der Waals surface area contributed by atoms with E-state index in [1.165, 1.54) is 25.3 Å². The van der Waals surface area contributed by atoms with Gasteiger partial charge in [0, 0.05) is 6.42 Å². The lowest BCUT2D eigenvalue weighted by Crippen LogP contribution is -2.44. The van der Waals surface area contributed by atoms with E-state index in [-0.39, 0.29) is 30.1 Å². The van der Waals surface area contributed by atoms with Crippen LogP contribution in [0.2, 0.25) is 0 Å². The Hall–Kier alpha value is -5.30. The van der Waals surface area contributed by atoms with Crippen LogP contribution in [0.4, 0.5) is 4.79 Å². The van der Waals surface area contributed by atoms with E-state index in [0.29, 0.717) is 22.6 Å². The number of carboxylic acids is 1. The van der Waals surface area contributed by atoms with Crippen LogP contribution < -0.4 is 25.8 Å². The molecular formula is C33H39N3O10. The first-order valence-corrected chi connectivity index (χ1v) is 14.4. The Morgan fingerprint density at radius 1 is 0.891 bits per heavy atom. The molecule has 0 heterocycles. The molecule has 0 aromatic heterocycles. The topological polar surface area (TPSA) is 196 Å². The average Bonchev–Trinajstić information content (AvgIpc) is 3.00. The van der Waals surface area contributed by atoms with Crippen LogP contribution in [0.15, 0.2) is 66.7 Å². The van der Waals surface area contributed by atoms with Crippen LogP contribution in [-0.4, -0.2) is 59.5 Å². The molecule has 3 rings (SSSR count). The lowest BCUT2D eigenvalue weighted by Gasteiger charge is -2.22. The maximum Gasteiger partial charge on any atom is 0.408 e. The molecule has 2 amide bonds. The van der Waals surface area contributed by atoms with Crippen molar-refractivity contribution >= 4 is 23.9 Å². The number of ether oxygens (including phenoxy) is 4. The molecule has 246 valence electrons. The van der Waals surface area contributed by atoms with E-state index in [1.54, 1.807) is 76.2 Å². The molecule has 0 saturated heterocycles. The first kappa shape index (κ1) is 35.2. The van der Waals surface area contributed by atoms with Crippen molar-refractivity contribution in [3.8, 4) is 23.0 Å². The number of amides is 2. The molecule has 0 unspecified atom stereocenters.